The van der Waals surface area contributed by atoms with E-state index in [0.717, 1.165) is 33.6 Å². The second kappa shape index (κ2) is 4.72. The lowest BCUT2D eigenvalue weighted by atomic mass is 9.96. The van der Waals surface area contributed by atoms with Gasteiger partial charge in [0.15, 0.2) is 0 Å². The van der Waals surface area contributed by atoms with E-state index in [1.807, 2.05) is 36.4 Å². The number of nitrogens with zero attached hydrogens (tertiary/aromatic N) is 2. The zero-order chi connectivity index (χ0) is 17.2. The van der Waals surface area contributed by atoms with Crippen molar-refractivity contribution in [3.05, 3.63) is 58.9 Å². The molecule has 4 aromatic rings. The quantitative estimate of drug-likeness (QED) is 0.385. The summed E-state index contributed by atoms with van der Waals surface area (Å²) in [6, 6.07) is 8.56. The predicted molar refractivity (Wildman–Crippen MR) is 89.4 cm³/mol. The summed E-state index contributed by atoms with van der Waals surface area (Å²) in [4.78, 5) is 4.43. The van der Waals surface area contributed by atoms with Gasteiger partial charge in [-0.25, -0.2) is 4.98 Å². The predicted octanol–water partition coefficient (Wildman–Crippen LogP) is 5.58. The first kappa shape index (κ1) is 15.0. The maximum Gasteiger partial charge on any atom is 0.416 e. The van der Waals surface area contributed by atoms with Crippen molar-refractivity contribution in [1.82, 2.24) is 9.38 Å². The fraction of sp³-hybridized carbons (Fsp3) is 0.211. The van der Waals surface area contributed by atoms with Crippen LogP contribution in [0.15, 0.2) is 36.5 Å². The summed E-state index contributed by atoms with van der Waals surface area (Å²) in [6.45, 7) is 5.43. The summed E-state index contributed by atoms with van der Waals surface area (Å²) < 4.78 is 42.1. The molecule has 2 aromatic heterocycles. The molecule has 4 rings (SSSR count). The minimum atomic E-state index is -4.37. The van der Waals surface area contributed by atoms with Crippen LogP contribution >= 0.6 is 0 Å². The number of benzene rings is 2. The van der Waals surface area contributed by atoms with Gasteiger partial charge >= 0.3 is 6.18 Å². The van der Waals surface area contributed by atoms with Crippen LogP contribution in [0.1, 0.15) is 22.4 Å². The van der Waals surface area contributed by atoms with Gasteiger partial charge in [-0.2, -0.15) is 13.2 Å². The molecule has 0 saturated heterocycles. The van der Waals surface area contributed by atoms with E-state index in [9.17, 15) is 13.2 Å². The van der Waals surface area contributed by atoms with Crippen molar-refractivity contribution >= 4 is 27.3 Å². The number of hydrogen-bond donors (Lipinski definition) is 0. The van der Waals surface area contributed by atoms with Gasteiger partial charge in [0.1, 0.15) is 5.65 Å². The highest BCUT2D eigenvalue weighted by molar-refractivity contribution is 6.13. The summed E-state index contributed by atoms with van der Waals surface area (Å²) >= 11 is 0. The summed E-state index contributed by atoms with van der Waals surface area (Å²) in [5, 5.41) is 2.19. The van der Waals surface area contributed by atoms with Crippen LogP contribution in [0.4, 0.5) is 13.2 Å². The van der Waals surface area contributed by atoms with Crippen molar-refractivity contribution in [2.24, 2.45) is 0 Å². The van der Waals surface area contributed by atoms with Crippen LogP contribution in [0.3, 0.4) is 0 Å². The number of aromatic nitrogens is 2. The van der Waals surface area contributed by atoms with Crippen LogP contribution in [0.2, 0.25) is 0 Å². The number of pyridine rings is 1. The molecule has 2 heterocycles. The van der Waals surface area contributed by atoms with E-state index in [1.165, 1.54) is 6.07 Å². The van der Waals surface area contributed by atoms with Gasteiger partial charge in [-0.05, 0) is 56.0 Å². The molecular formula is C19H15F3N2. The number of aryl methyl sites for hydroxylation is 3. The third-order valence-corrected chi connectivity index (χ3v) is 4.61. The van der Waals surface area contributed by atoms with Gasteiger partial charge in [-0.15, -0.1) is 0 Å². The molecule has 24 heavy (non-hydrogen) atoms. The molecule has 0 amide bonds. The summed E-state index contributed by atoms with van der Waals surface area (Å²) in [7, 11) is 0. The summed E-state index contributed by atoms with van der Waals surface area (Å²) in [5.41, 5.74) is 3.19. The normalized spacial score (nSPS) is 12.6. The molecule has 0 saturated carbocycles. The fourth-order valence-electron chi connectivity index (χ4n) is 3.53. The Labute approximate surface area is 136 Å². The van der Waals surface area contributed by atoms with Gasteiger partial charge in [-0.3, -0.25) is 4.40 Å². The van der Waals surface area contributed by atoms with Crippen molar-refractivity contribution in [1.29, 1.82) is 0 Å². The van der Waals surface area contributed by atoms with E-state index in [4.69, 9.17) is 0 Å². The van der Waals surface area contributed by atoms with Crippen LogP contribution < -0.4 is 0 Å². The lowest BCUT2D eigenvalue weighted by Crippen LogP contribution is -2.08. The molecule has 2 nitrogen and oxygen atoms in total. The summed E-state index contributed by atoms with van der Waals surface area (Å²) in [6.07, 6.45) is -2.62. The average Bonchev–Trinajstić information content (AvgIpc) is 2.88. The third kappa shape index (κ3) is 1.94. The maximum atomic E-state index is 13.4. The Morgan fingerprint density at radius 2 is 1.71 bits per heavy atom. The number of halogens is 3. The zero-order valence-corrected chi connectivity index (χ0v) is 13.5. The standard InChI is InChI=1S/C19H15F3N2/c1-10-4-7-16-14(8-10)17-12(3)15(19(20,21)22)6-5-13(17)18-23-9-11(2)24(16)18/h4-9H,1-3H3. The van der Waals surface area contributed by atoms with Crippen LogP contribution in [0.5, 0.6) is 0 Å². The fourth-order valence-corrected chi connectivity index (χ4v) is 3.53. The van der Waals surface area contributed by atoms with E-state index in [0.29, 0.717) is 11.0 Å². The van der Waals surface area contributed by atoms with E-state index < -0.39 is 11.7 Å². The molecule has 2 aromatic carbocycles. The molecule has 0 aliphatic carbocycles. The van der Waals surface area contributed by atoms with Gasteiger partial charge in [-0.1, -0.05) is 11.6 Å². The molecular weight excluding hydrogens is 313 g/mol. The number of imidazole rings is 1. The van der Waals surface area contributed by atoms with Crippen molar-refractivity contribution < 1.29 is 13.2 Å². The smallest absolute Gasteiger partial charge is 0.296 e. The highest BCUT2D eigenvalue weighted by atomic mass is 19.4. The van der Waals surface area contributed by atoms with Crippen molar-refractivity contribution in [2.75, 3.05) is 0 Å². The first-order valence-electron chi connectivity index (χ1n) is 7.66. The Balaban J connectivity index is 2.35. The lowest BCUT2D eigenvalue weighted by Gasteiger charge is -2.16. The van der Waals surface area contributed by atoms with Gasteiger partial charge in [0, 0.05) is 22.7 Å². The molecule has 0 fully saturated rings. The van der Waals surface area contributed by atoms with E-state index in [-0.39, 0.29) is 5.56 Å². The minimum Gasteiger partial charge on any atom is -0.296 e. The second-order valence-corrected chi connectivity index (χ2v) is 6.24. The first-order valence-corrected chi connectivity index (χ1v) is 7.66. The van der Waals surface area contributed by atoms with Crippen LogP contribution in [-0.4, -0.2) is 9.38 Å². The molecule has 0 aliphatic rings. The average molecular weight is 328 g/mol. The highest BCUT2D eigenvalue weighted by Gasteiger charge is 2.33. The molecule has 0 bridgehead atoms. The number of fused-ring (bicyclic) bond motifs is 6. The molecule has 0 spiro atoms. The van der Waals surface area contributed by atoms with Gasteiger partial charge in [0.05, 0.1) is 11.1 Å². The maximum absolute atomic E-state index is 13.4. The van der Waals surface area contributed by atoms with Crippen LogP contribution in [-0.2, 0) is 6.18 Å². The Kier molecular flexibility index (Phi) is 2.95. The van der Waals surface area contributed by atoms with E-state index in [2.05, 4.69) is 4.98 Å². The van der Waals surface area contributed by atoms with E-state index in [1.54, 1.807) is 13.1 Å². The van der Waals surface area contributed by atoms with Gasteiger partial charge in [0.2, 0.25) is 0 Å². The highest BCUT2D eigenvalue weighted by Crippen LogP contribution is 2.39. The Morgan fingerprint density at radius 3 is 2.42 bits per heavy atom. The van der Waals surface area contributed by atoms with Crippen LogP contribution in [0, 0.1) is 20.8 Å². The topological polar surface area (TPSA) is 17.3 Å². The van der Waals surface area contributed by atoms with Gasteiger partial charge < -0.3 is 0 Å². The number of rotatable bonds is 0. The van der Waals surface area contributed by atoms with E-state index >= 15 is 0 Å². The van der Waals surface area contributed by atoms with Crippen molar-refractivity contribution in [2.45, 2.75) is 26.9 Å². The molecule has 0 atom stereocenters. The SMILES string of the molecule is Cc1ccc2c(c1)c1c(C)c(C(F)(F)F)ccc1c1ncc(C)n21. The molecule has 5 heteroatoms. The molecule has 0 unspecified atom stereocenters. The molecule has 122 valence electrons. The Hall–Kier alpha value is -2.56. The molecule has 0 N–H and O–H groups in total. The van der Waals surface area contributed by atoms with Gasteiger partial charge in [0.25, 0.3) is 0 Å². The number of hydrogen-bond acceptors (Lipinski definition) is 1. The lowest BCUT2D eigenvalue weighted by molar-refractivity contribution is -0.137. The molecule has 0 aliphatic heterocycles. The monoisotopic (exact) mass is 328 g/mol. The molecule has 0 radical (unpaired) electrons. The van der Waals surface area contributed by atoms with Crippen molar-refractivity contribution in [3.63, 3.8) is 0 Å². The third-order valence-electron chi connectivity index (χ3n) is 4.61. The second-order valence-electron chi connectivity index (χ2n) is 6.24. The van der Waals surface area contributed by atoms with Crippen molar-refractivity contribution in [3.8, 4) is 0 Å². The first-order chi connectivity index (χ1) is 11.3. The Bertz CT molecular complexity index is 1120. The summed E-state index contributed by atoms with van der Waals surface area (Å²) in [5.74, 6) is 0. The largest absolute Gasteiger partial charge is 0.416 e. The number of alkyl halides is 3. The minimum absolute atomic E-state index is 0.249. The Morgan fingerprint density at radius 1 is 0.958 bits per heavy atom. The van der Waals surface area contributed by atoms with Crippen LogP contribution in [0.25, 0.3) is 27.3 Å². The zero-order valence-electron chi connectivity index (χ0n) is 13.5.